The molecule has 0 aliphatic rings. The van der Waals surface area contributed by atoms with E-state index in [1.54, 1.807) is 49.6 Å². The predicted octanol–water partition coefficient (Wildman–Crippen LogP) is 3.19. The lowest BCUT2D eigenvalue weighted by Gasteiger charge is -2.33. The second-order valence-corrected chi connectivity index (χ2v) is 10.3. The minimum atomic E-state index is -3.82. The van der Waals surface area contributed by atoms with Gasteiger partial charge in [0.15, 0.2) is 0 Å². The first-order chi connectivity index (χ1) is 17.1. The molecule has 1 N–H and O–H groups in total. The molecule has 0 heterocycles. The molecule has 2 aromatic carbocycles. The Morgan fingerprint density at radius 2 is 1.64 bits per heavy atom. The molecular formula is C26H37N3O6S. The van der Waals surface area contributed by atoms with Crippen molar-refractivity contribution >= 4 is 27.5 Å². The van der Waals surface area contributed by atoms with Crippen LogP contribution in [0.15, 0.2) is 48.5 Å². The number of benzene rings is 2. The van der Waals surface area contributed by atoms with E-state index in [1.807, 2.05) is 19.9 Å². The Morgan fingerprint density at radius 1 is 1.00 bits per heavy atom. The number of ether oxygens (including phenoxy) is 2. The van der Waals surface area contributed by atoms with Gasteiger partial charge < -0.3 is 19.7 Å². The Hall–Kier alpha value is -3.27. The fourth-order valence-corrected chi connectivity index (χ4v) is 4.61. The molecule has 0 saturated heterocycles. The number of hydrogen-bond acceptors (Lipinski definition) is 6. The maximum absolute atomic E-state index is 13.7. The van der Waals surface area contributed by atoms with Crippen LogP contribution in [-0.4, -0.2) is 64.7 Å². The van der Waals surface area contributed by atoms with E-state index in [1.165, 1.54) is 12.0 Å². The highest BCUT2D eigenvalue weighted by Gasteiger charge is 2.31. The average molecular weight is 520 g/mol. The van der Waals surface area contributed by atoms with Gasteiger partial charge in [-0.15, -0.1) is 0 Å². The van der Waals surface area contributed by atoms with Crippen molar-refractivity contribution < 1.29 is 27.5 Å². The van der Waals surface area contributed by atoms with Crippen molar-refractivity contribution in [2.24, 2.45) is 0 Å². The van der Waals surface area contributed by atoms with Gasteiger partial charge in [0.2, 0.25) is 21.8 Å². The minimum Gasteiger partial charge on any atom is -0.497 e. The summed E-state index contributed by atoms with van der Waals surface area (Å²) in [7, 11) is -0.784. The van der Waals surface area contributed by atoms with E-state index in [4.69, 9.17) is 9.47 Å². The van der Waals surface area contributed by atoms with Crippen LogP contribution in [0.3, 0.4) is 0 Å². The van der Waals surface area contributed by atoms with Gasteiger partial charge in [-0.05, 0) is 42.7 Å². The first kappa shape index (κ1) is 29.0. The number of unbranched alkanes of at least 4 members (excludes halogenated alkanes) is 1. The fraction of sp³-hybridized carbons (Fsp3) is 0.462. The van der Waals surface area contributed by atoms with Gasteiger partial charge in [0, 0.05) is 19.2 Å². The molecule has 2 amide bonds. The van der Waals surface area contributed by atoms with E-state index in [0.717, 1.165) is 29.0 Å². The zero-order valence-corrected chi connectivity index (χ0v) is 22.5. The van der Waals surface area contributed by atoms with Crippen molar-refractivity contribution in [2.45, 2.75) is 45.7 Å². The second kappa shape index (κ2) is 13.7. The highest BCUT2D eigenvalue weighted by molar-refractivity contribution is 7.92. The third-order valence-electron chi connectivity index (χ3n) is 5.72. The lowest BCUT2D eigenvalue weighted by molar-refractivity contribution is -0.140. The molecule has 2 rings (SSSR count). The molecule has 0 aliphatic heterocycles. The smallest absolute Gasteiger partial charge is 0.244 e. The van der Waals surface area contributed by atoms with Gasteiger partial charge in [0.05, 0.1) is 26.2 Å². The third-order valence-corrected chi connectivity index (χ3v) is 6.86. The summed E-state index contributed by atoms with van der Waals surface area (Å²) in [6.07, 6.45) is 3.16. The van der Waals surface area contributed by atoms with Gasteiger partial charge in [-0.2, -0.15) is 0 Å². The second-order valence-electron chi connectivity index (χ2n) is 8.41. The molecule has 2 aromatic rings. The number of carbonyl (C=O) groups is 2. The predicted molar refractivity (Wildman–Crippen MR) is 141 cm³/mol. The molecule has 10 heteroatoms. The summed E-state index contributed by atoms with van der Waals surface area (Å²) in [5, 5.41) is 2.90. The quantitative estimate of drug-likeness (QED) is 0.385. The maximum atomic E-state index is 13.7. The standard InChI is InChI=1S/C26H37N3O6S/c1-6-8-15-27-26(31)24(7-2)28(18-20-11-9-13-22(16-20)34-3)25(30)19-29(36(5,32)33)21-12-10-14-23(17-21)35-4/h9-14,16-17,24H,6-8,15,18-19H2,1-5H3,(H,27,31)/t24-/m0/s1. The van der Waals surface area contributed by atoms with E-state index < -0.39 is 28.5 Å². The monoisotopic (exact) mass is 519 g/mol. The molecule has 0 spiro atoms. The highest BCUT2D eigenvalue weighted by atomic mass is 32.2. The summed E-state index contributed by atoms with van der Waals surface area (Å²) in [4.78, 5) is 28.2. The van der Waals surface area contributed by atoms with Gasteiger partial charge in [-0.1, -0.05) is 38.5 Å². The molecule has 0 radical (unpaired) electrons. The first-order valence-corrected chi connectivity index (χ1v) is 13.8. The van der Waals surface area contributed by atoms with Gasteiger partial charge in [-0.3, -0.25) is 13.9 Å². The molecule has 36 heavy (non-hydrogen) atoms. The van der Waals surface area contributed by atoms with Crippen LogP contribution in [0, 0.1) is 0 Å². The van der Waals surface area contributed by atoms with Crippen molar-refractivity contribution in [3.8, 4) is 11.5 Å². The summed E-state index contributed by atoms with van der Waals surface area (Å²) < 4.78 is 36.9. The van der Waals surface area contributed by atoms with Crippen LogP contribution in [0.2, 0.25) is 0 Å². The summed E-state index contributed by atoms with van der Waals surface area (Å²) in [5.74, 6) is 0.316. The molecule has 0 saturated carbocycles. The highest BCUT2D eigenvalue weighted by Crippen LogP contribution is 2.24. The zero-order chi connectivity index (χ0) is 26.7. The molecule has 0 bridgehead atoms. The first-order valence-electron chi connectivity index (χ1n) is 12.0. The summed E-state index contributed by atoms with van der Waals surface area (Å²) in [5.41, 5.74) is 1.06. The van der Waals surface area contributed by atoms with Crippen LogP contribution in [0.1, 0.15) is 38.7 Å². The lowest BCUT2D eigenvalue weighted by Crippen LogP contribution is -2.52. The number of amides is 2. The molecule has 0 fully saturated rings. The van der Waals surface area contributed by atoms with E-state index >= 15 is 0 Å². The van der Waals surface area contributed by atoms with Crippen molar-refractivity contribution in [3.05, 3.63) is 54.1 Å². The van der Waals surface area contributed by atoms with E-state index in [0.29, 0.717) is 30.2 Å². The van der Waals surface area contributed by atoms with Gasteiger partial charge in [0.1, 0.15) is 24.1 Å². The van der Waals surface area contributed by atoms with Gasteiger partial charge in [0.25, 0.3) is 0 Å². The number of hydrogen-bond donors (Lipinski definition) is 1. The van der Waals surface area contributed by atoms with Crippen LogP contribution in [0.5, 0.6) is 11.5 Å². The van der Waals surface area contributed by atoms with Gasteiger partial charge >= 0.3 is 0 Å². The number of carbonyl (C=O) groups excluding carboxylic acids is 2. The summed E-state index contributed by atoms with van der Waals surface area (Å²) >= 11 is 0. The maximum Gasteiger partial charge on any atom is 0.244 e. The summed E-state index contributed by atoms with van der Waals surface area (Å²) in [6, 6.07) is 12.9. The Labute approximate surface area is 214 Å². The number of methoxy groups -OCH3 is 2. The van der Waals surface area contributed by atoms with Crippen LogP contribution >= 0.6 is 0 Å². The van der Waals surface area contributed by atoms with E-state index in [-0.39, 0.29) is 12.5 Å². The SMILES string of the molecule is CCCCNC(=O)[C@H](CC)N(Cc1cccc(OC)c1)C(=O)CN(c1cccc(OC)c1)S(C)(=O)=O. The Morgan fingerprint density at radius 3 is 2.22 bits per heavy atom. The van der Waals surface area contributed by atoms with Crippen LogP contribution < -0.4 is 19.1 Å². The summed E-state index contributed by atoms with van der Waals surface area (Å²) in [6.45, 7) is 4.01. The largest absolute Gasteiger partial charge is 0.497 e. The number of rotatable bonds is 14. The Kier molecular flexibility index (Phi) is 11.0. The molecular weight excluding hydrogens is 482 g/mol. The molecule has 1 atom stereocenters. The molecule has 0 aromatic heterocycles. The number of nitrogens with zero attached hydrogens (tertiary/aromatic N) is 2. The van der Waals surface area contributed by atoms with Crippen molar-refractivity contribution in [3.63, 3.8) is 0 Å². The van der Waals surface area contributed by atoms with Crippen molar-refractivity contribution in [1.29, 1.82) is 0 Å². The third kappa shape index (κ3) is 8.15. The Balaban J connectivity index is 2.43. The van der Waals surface area contributed by atoms with E-state index in [9.17, 15) is 18.0 Å². The van der Waals surface area contributed by atoms with Crippen LogP contribution in [0.25, 0.3) is 0 Å². The zero-order valence-electron chi connectivity index (χ0n) is 21.7. The number of nitrogens with one attached hydrogen (secondary N) is 1. The molecule has 9 nitrogen and oxygen atoms in total. The van der Waals surface area contributed by atoms with Crippen LogP contribution in [-0.2, 0) is 26.2 Å². The number of anilines is 1. The molecule has 198 valence electrons. The molecule has 0 unspecified atom stereocenters. The lowest BCUT2D eigenvalue weighted by atomic mass is 10.1. The molecule has 0 aliphatic carbocycles. The average Bonchev–Trinajstić information content (AvgIpc) is 2.86. The van der Waals surface area contributed by atoms with Crippen molar-refractivity contribution in [1.82, 2.24) is 10.2 Å². The normalized spacial score (nSPS) is 11.9. The van der Waals surface area contributed by atoms with Crippen molar-refractivity contribution in [2.75, 3.05) is 37.9 Å². The Bertz CT molecular complexity index is 1120. The van der Waals surface area contributed by atoms with Gasteiger partial charge in [-0.25, -0.2) is 8.42 Å². The van der Waals surface area contributed by atoms with E-state index in [2.05, 4.69) is 5.32 Å². The van der Waals surface area contributed by atoms with Crippen LogP contribution in [0.4, 0.5) is 5.69 Å². The fourth-order valence-electron chi connectivity index (χ4n) is 3.77. The minimum absolute atomic E-state index is 0.117. The number of sulfonamides is 1. The topological polar surface area (TPSA) is 105 Å².